The largest absolute Gasteiger partial charge is 0.326 e. The van der Waals surface area contributed by atoms with E-state index in [1.54, 1.807) is 12.1 Å². The third-order valence-electron chi connectivity index (χ3n) is 3.12. The van der Waals surface area contributed by atoms with Gasteiger partial charge in [-0.3, -0.25) is 9.59 Å². The molecule has 0 radical (unpaired) electrons. The van der Waals surface area contributed by atoms with Crippen LogP contribution in [0.3, 0.4) is 0 Å². The molecular weight excluding hydrogens is 264 g/mol. The Kier molecular flexibility index (Phi) is 2.82. The molecular formula is C15H9F2NO2. The molecule has 1 N–H and O–H groups in total. The van der Waals surface area contributed by atoms with Crippen molar-refractivity contribution in [2.75, 3.05) is 5.32 Å². The molecule has 0 saturated carbocycles. The summed E-state index contributed by atoms with van der Waals surface area (Å²) in [7, 11) is 0. The van der Waals surface area contributed by atoms with E-state index in [2.05, 4.69) is 5.32 Å². The van der Waals surface area contributed by atoms with Crippen molar-refractivity contribution in [1.29, 1.82) is 0 Å². The number of halogens is 2. The van der Waals surface area contributed by atoms with Crippen molar-refractivity contribution >= 4 is 17.4 Å². The van der Waals surface area contributed by atoms with Gasteiger partial charge < -0.3 is 5.32 Å². The van der Waals surface area contributed by atoms with E-state index in [1.165, 1.54) is 6.07 Å². The van der Waals surface area contributed by atoms with Crippen LogP contribution in [0, 0.1) is 11.6 Å². The molecule has 3 nitrogen and oxygen atoms in total. The van der Waals surface area contributed by atoms with Crippen LogP contribution in [0.15, 0.2) is 36.4 Å². The molecule has 5 heteroatoms. The van der Waals surface area contributed by atoms with E-state index in [9.17, 15) is 18.4 Å². The second-order valence-corrected chi connectivity index (χ2v) is 4.58. The molecule has 1 amide bonds. The summed E-state index contributed by atoms with van der Waals surface area (Å²) in [6.07, 6.45) is 0.202. The molecule has 3 rings (SSSR count). The third kappa shape index (κ3) is 2.18. The van der Waals surface area contributed by atoms with Crippen LogP contribution in [-0.2, 0) is 11.2 Å². The van der Waals surface area contributed by atoms with Crippen molar-refractivity contribution in [2.24, 2.45) is 0 Å². The monoisotopic (exact) mass is 273 g/mol. The molecule has 0 atom stereocenters. The highest BCUT2D eigenvalue weighted by Gasteiger charge is 2.20. The minimum Gasteiger partial charge on any atom is -0.326 e. The number of rotatable bonds is 2. The summed E-state index contributed by atoms with van der Waals surface area (Å²) in [6, 6.07) is 7.39. The fourth-order valence-electron chi connectivity index (χ4n) is 2.22. The minimum absolute atomic E-state index is 0.0558. The maximum Gasteiger partial charge on any atom is 0.228 e. The Morgan fingerprint density at radius 2 is 1.70 bits per heavy atom. The Hall–Kier alpha value is -2.56. The number of hydrogen-bond donors (Lipinski definition) is 1. The lowest BCUT2D eigenvalue weighted by atomic mass is 10.00. The fourth-order valence-corrected chi connectivity index (χ4v) is 2.22. The average molecular weight is 273 g/mol. The van der Waals surface area contributed by atoms with Gasteiger partial charge in [0.05, 0.1) is 6.42 Å². The zero-order valence-corrected chi connectivity index (χ0v) is 10.2. The van der Waals surface area contributed by atoms with Gasteiger partial charge in [-0.05, 0) is 35.9 Å². The van der Waals surface area contributed by atoms with Gasteiger partial charge in [0.2, 0.25) is 5.91 Å². The first-order valence-electron chi connectivity index (χ1n) is 5.96. The number of fused-ring (bicyclic) bond motifs is 1. The van der Waals surface area contributed by atoms with Gasteiger partial charge in [-0.25, -0.2) is 8.78 Å². The average Bonchev–Trinajstić information content (AvgIpc) is 2.75. The molecule has 20 heavy (non-hydrogen) atoms. The van der Waals surface area contributed by atoms with Crippen molar-refractivity contribution in [3.8, 4) is 0 Å². The number of hydrogen-bond acceptors (Lipinski definition) is 2. The Bertz CT molecular complexity index is 720. The number of nitrogens with one attached hydrogen (secondary N) is 1. The summed E-state index contributed by atoms with van der Waals surface area (Å²) in [5.41, 5.74) is 1.61. The molecule has 0 aromatic heterocycles. The summed E-state index contributed by atoms with van der Waals surface area (Å²) in [6.45, 7) is 0. The summed E-state index contributed by atoms with van der Waals surface area (Å²) in [4.78, 5) is 23.4. The van der Waals surface area contributed by atoms with Crippen LogP contribution < -0.4 is 5.32 Å². The summed E-state index contributed by atoms with van der Waals surface area (Å²) in [5, 5.41) is 2.65. The molecule has 2 aromatic carbocycles. The lowest BCUT2D eigenvalue weighted by molar-refractivity contribution is -0.115. The van der Waals surface area contributed by atoms with Crippen molar-refractivity contribution in [1.82, 2.24) is 0 Å². The Morgan fingerprint density at radius 3 is 2.40 bits per heavy atom. The number of benzene rings is 2. The molecule has 1 aliphatic rings. The van der Waals surface area contributed by atoms with Crippen LogP contribution in [0.5, 0.6) is 0 Å². The molecule has 0 bridgehead atoms. The van der Waals surface area contributed by atoms with Crippen molar-refractivity contribution in [3.63, 3.8) is 0 Å². The molecule has 0 aliphatic carbocycles. The zero-order chi connectivity index (χ0) is 14.3. The summed E-state index contributed by atoms with van der Waals surface area (Å²) in [5.74, 6) is -2.22. The predicted molar refractivity (Wildman–Crippen MR) is 68.6 cm³/mol. The van der Waals surface area contributed by atoms with Crippen LogP contribution in [0.2, 0.25) is 0 Å². The molecule has 1 aliphatic heterocycles. The van der Waals surface area contributed by atoms with Crippen molar-refractivity contribution in [3.05, 3.63) is 64.7 Å². The van der Waals surface area contributed by atoms with Crippen LogP contribution in [-0.4, -0.2) is 11.7 Å². The zero-order valence-electron chi connectivity index (χ0n) is 10.2. The molecule has 2 aromatic rings. The van der Waals surface area contributed by atoms with Crippen LogP contribution in [0.1, 0.15) is 21.5 Å². The normalized spacial score (nSPS) is 13.0. The smallest absolute Gasteiger partial charge is 0.228 e. The van der Waals surface area contributed by atoms with Gasteiger partial charge in [0.25, 0.3) is 0 Å². The van der Waals surface area contributed by atoms with E-state index in [0.717, 1.165) is 12.1 Å². The molecule has 1 heterocycles. The van der Waals surface area contributed by atoms with Gasteiger partial charge in [0, 0.05) is 22.9 Å². The predicted octanol–water partition coefficient (Wildman–Crippen LogP) is 2.69. The Morgan fingerprint density at radius 1 is 1.00 bits per heavy atom. The van der Waals surface area contributed by atoms with Crippen LogP contribution in [0.25, 0.3) is 0 Å². The molecule has 0 unspecified atom stereocenters. The third-order valence-corrected chi connectivity index (χ3v) is 3.12. The van der Waals surface area contributed by atoms with Gasteiger partial charge in [0.1, 0.15) is 11.6 Å². The highest BCUT2D eigenvalue weighted by molar-refractivity contribution is 6.10. The lowest BCUT2D eigenvalue weighted by Crippen LogP contribution is -2.03. The number of amides is 1. The van der Waals surface area contributed by atoms with Crippen LogP contribution >= 0.6 is 0 Å². The first-order chi connectivity index (χ1) is 9.52. The van der Waals surface area contributed by atoms with Gasteiger partial charge in [0.15, 0.2) is 5.78 Å². The number of ketones is 1. The van der Waals surface area contributed by atoms with E-state index in [0.29, 0.717) is 22.9 Å². The quantitative estimate of drug-likeness (QED) is 0.855. The number of carbonyl (C=O) groups is 2. The van der Waals surface area contributed by atoms with E-state index in [-0.39, 0.29) is 17.9 Å². The number of anilines is 1. The number of carbonyl (C=O) groups excluding carboxylic acids is 2. The first kappa shape index (κ1) is 12.5. The van der Waals surface area contributed by atoms with E-state index < -0.39 is 17.4 Å². The Balaban J connectivity index is 1.99. The maximum atomic E-state index is 13.1. The van der Waals surface area contributed by atoms with Crippen molar-refractivity contribution in [2.45, 2.75) is 6.42 Å². The Labute approximate surface area is 113 Å². The van der Waals surface area contributed by atoms with Crippen LogP contribution in [0.4, 0.5) is 14.5 Å². The fraction of sp³-hybridized carbons (Fsp3) is 0.0667. The second kappa shape index (κ2) is 4.52. The maximum absolute atomic E-state index is 13.1. The highest BCUT2D eigenvalue weighted by Crippen LogP contribution is 2.25. The topological polar surface area (TPSA) is 46.2 Å². The SMILES string of the molecule is O=C1Cc2cc(C(=O)c3cc(F)cc(F)c3)ccc2N1. The van der Waals surface area contributed by atoms with Gasteiger partial charge in [-0.1, -0.05) is 0 Å². The molecule has 0 saturated heterocycles. The lowest BCUT2D eigenvalue weighted by Gasteiger charge is -2.04. The van der Waals surface area contributed by atoms with Gasteiger partial charge >= 0.3 is 0 Å². The standard InChI is InChI=1S/C15H9F2NO2/c16-11-4-10(5-12(17)7-11)15(20)8-1-2-13-9(3-8)6-14(19)18-13/h1-5,7H,6H2,(H,18,19). The van der Waals surface area contributed by atoms with E-state index in [4.69, 9.17) is 0 Å². The summed E-state index contributed by atoms with van der Waals surface area (Å²) >= 11 is 0. The first-order valence-corrected chi connectivity index (χ1v) is 5.96. The molecule has 0 spiro atoms. The van der Waals surface area contributed by atoms with E-state index in [1.807, 2.05) is 0 Å². The van der Waals surface area contributed by atoms with E-state index >= 15 is 0 Å². The van der Waals surface area contributed by atoms with Gasteiger partial charge in [-0.15, -0.1) is 0 Å². The second-order valence-electron chi connectivity index (χ2n) is 4.58. The molecule has 100 valence electrons. The van der Waals surface area contributed by atoms with Gasteiger partial charge in [-0.2, -0.15) is 0 Å². The summed E-state index contributed by atoms with van der Waals surface area (Å²) < 4.78 is 26.3. The highest BCUT2D eigenvalue weighted by atomic mass is 19.1. The van der Waals surface area contributed by atoms with Crippen molar-refractivity contribution < 1.29 is 18.4 Å². The minimum atomic E-state index is -0.800. The molecule has 0 fully saturated rings.